The summed E-state index contributed by atoms with van der Waals surface area (Å²) >= 11 is 0. The third-order valence-corrected chi connectivity index (χ3v) is 9.69. The van der Waals surface area contributed by atoms with Crippen LogP contribution < -0.4 is 5.19 Å². The number of hydrogen-bond acceptors (Lipinski definition) is 0. The minimum atomic E-state index is -1.16. The van der Waals surface area contributed by atoms with Crippen LogP contribution in [0.1, 0.15) is 33.3 Å². The topological polar surface area (TPSA) is 0 Å². The fraction of sp³-hybridized carbons (Fsp3) is 0.571. The Labute approximate surface area is 95.7 Å². The zero-order valence-corrected chi connectivity index (χ0v) is 11.6. The van der Waals surface area contributed by atoms with Gasteiger partial charge in [0.1, 0.15) is 0 Å². The van der Waals surface area contributed by atoms with Crippen molar-refractivity contribution in [2.45, 2.75) is 52.2 Å². The summed E-state index contributed by atoms with van der Waals surface area (Å²) in [7, 11) is -1.16. The molecule has 84 valence electrons. The maximum Gasteiger partial charge on any atom is 0.0862 e. The summed E-state index contributed by atoms with van der Waals surface area (Å²) in [4.78, 5) is 0. The molecule has 1 aromatic carbocycles. The van der Waals surface area contributed by atoms with Gasteiger partial charge in [0.25, 0.3) is 0 Å². The first kappa shape index (κ1) is 12.5. The lowest BCUT2D eigenvalue weighted by Gasteiger charge is -2.30. The highest BCUT2D eigenvalue weighted by Crippen LogP contribution is 2.21. The van der Waals surface area contributed by atoms with Gasteiger partial charge < -0.3 is 0 Å². The molecule has 0 aromatic heterocycles. The van der Waals surface area contributed by atoms with E-state index in [-0.39, 0.29) is 0 Å². The molecule has 15 heavy (non-hydrogen) atoms. The Hall–Kier alpha value is -0.563. The van der Waals surface area contributed by atoms with Gasteiger partial charge in [0.2, 0.25) is 0 Å². The number of benzene rings is 1. The summed E-state index contributed by atoms with van der Waals surface area (Å²) in [5.74, 6) is 0. The second kappa shape index (κ2) is 5.50. The summed E-state index contributed by atoms with van der Waals surface area (Å²) in [6, 6.07) is 13.3. The first-order valence-electron chi connectivity index (χ1n) is 6.32. The third-order valence-electron chi connectivity index (χ3n) is 4.00. The molecule has 0 unspecified atom stereocenters. The molecule has 0 nitrogen and oxygen atoms in total. The van der Waals surface area contributed by atoms with E-state index in [0.29, 0.717) is 0 Å². The Morgan fingerprint density at radius 3 is 1.87 bits per heavy atom. The summed E-state index contributed by atoms with van der Waals surface area (Å²) in [6.45, 7) is 9.42. The highest BCUT2D eigenvalue weighted by atomic mass is 28.3. The number of hydrogen-bond donors (Lipinski definition) is 0. The zero-order valence-electron chi connectivity index (χ0n) is 10.6. The normalized spacial score (nSPS) is 11.7. The molecule has 0 saturated carbocycles. The highest BCUT2D eigenvalue weighted by molar-refractivity contribution is 6.92. The minimum Gasteiger partial charge on any atom is -0.0675 e. The van der Waals surface area contributed by atoms with E-state index in [1.165, 1.54) is 24.6 Å². The second-order valence-electron chi connectivity index (χ2n) is 4.35. The van der Waals surface area contributed by atoms with Crippen LogP contribution in [0.4, 0.5) is 0 Å². The van der Waals surface area contributed by atoms with Crippen molar-refractivity contribution in [3.63, 3.8) is 0 Å². The molecule has 0 spiro atoms. The largest absolute Gasteiger partial charge is 0.0862 e. The molecule has 0 atom stereocenters. The Kier molecular flexibility index (Phi) is 4.59. The van der Waals surface area contributed by atoms with Crippen molar-refractivity contribution in [3.05, 3.63) is 29.8 Å². The lowest BCUT2D eigenvalue weighted by atomic mass is 10.2. The van der Waals surface area contributed by atoms with Gasteiger partial charge in [0, 0.05) is 0 Å². The van der Waals surface area contributed by atoms with E-state index in [1.54, 1.807) is 10.8 Å². The molecular weight excluding hydrogens is 196 g/mol. The van der Waals surface area contributed by atoms with Gasteiger partial charge in [-0.15, -0.1) is 0 Å². The number of aryl methyl sites for hydroxylation is 1. The highest BCUT2D eigenvalue weighted by Gasteiger charge is 2.30. The molecular formula is C14H24Si. The summed E-state index contributed by atoms with van der Waals surface area (Å²) < 4.78 is 0. The van der Waals surface area contributed by atoms with Crippen LogP contribution in [-0.4, -0.2) is 8.07 Å². The van der Waals surface area contributed by atoms with Gasteiger partial charge >= 0.3 is 0 Å². The van der Waals surface area contributed by atoms with Crippen molar-refractivity contribution in [2.24, 2.45) is 0 Å². The molecule has 1 heteroatoms. The van der Waals surface area contributed by atoms with Crippen molar-refractivity contribution in [3.8, 4) is 0 Å². The van der Waals surface area contributed by atoms with E-state index in [0.717, 1.165) is 0 Å². The summed E-state index contributed by atoms with van der Waals surface area (Å²) in [6.07, 6.45) is 1.19. The van der Waals surface area contributed by atoms with Crippen molar-refractivity contribution >= 4 is 13.3 Å². The van der Waals surface area contributed by atoms with Crippen molar-refractivity contribution in [1.29, 1.82) is 0 Å². The van der Waals surface area contributed by atoms with Crippen LogP contribution in [0, 0.1) is 0 Å². The molecule has 0 aliphatic heterocycles. The van der Waals surface area contributed by atoms with E-state index in [4.69, 9.17) is 0 Å². The zero-order chi connectivity index (χ0) is 11.3. The van der Waals surface area contributed by atoms with Crippen LogP contribution >= 0.6 is 0 Å². The van der Waals surface area contributed by atoms with Gasteiger partial charge in [-0.2, -0.15) is 0 Å². The maximum atomic E-state index is 2.39. The Morgan fingerprint density at radius 2 is 1.40 bits per heavy atom. The molecule has 1 aromatic rings. The average Bonchev–Trinajstić information content (AvgIpc) is 2.33. The number of rotatable bonds is 5. The van der Waals surface area contributed by atoms with E-state index >= 15 is 0 Å². The molecule has 0 radical (unpaired) electrons. The summed E-state index contributed by atoms with van der Waals surface area (Å²) in [5.41, 5.74) is 1.59. The van der Waals surface area contributed by atoms with Crippen LogP contribution in [0.3, 0.4) is 0 Å². The molecule has 0 fully saturated rings. The van der Waals surface area contributed by atoms with Crippen molar-refractivity contribution < 1.29 is 0 Å². The van der Waals surface area contributed by atoms with Gasteiger partial charge in [-0.1, -0.05) is 75.3 Å². The molecule has 0 aliphatic rings. The fourth-order valence-electron chi connectivity index (χ4n) is 2.67. The standard InChI is InChI=1S/C14H24Si/c1-5-13-11-9-10-12-14(13)15(6-2,7-3)8-4/h9-12H,5-8H2,1-4H3. The molecule has 0 heterocycles. The van der Waals surface area contributed by atoms with E-state index in [9.17, 15) is 0 Å². The van der Waals surface area contributed by atoms with E-state index < -0.39 is 8.07 Å². The lowest BCUT2D eigenvalue weighted by molar-refractivity contribution is 1.13. The van der Waals surface area contributed by atoms with E-state index in [2.05, 4.69) is 52.0 Å². The monoisotopic (exact) mass is 220 g/mol. The van der Waals surface area contributed by atoms with Gasteiger partial charge in [-0.25, -0.2) is 0 Å². The van der Waals surface area contributed by atoms with Gasteiger partial charge in [0.05, 0.1) is 8.07 Å². The fourth-order valence-corrected chi connectivity index (χ4v) is 6.70. The van der Waals surface area contributed by atoms with Crippen LogP contribution in [-0.2, 0) is 6.42 Å². The predicted octanol–water partition coefficient (Wildman–Crippen LogP) is 3.96. The van der Waals surface area contributed by atoms with Crippen LogP contribution in [0.5, 0.6) is 0 Å². The third kappa shape index (κ3) is 2.33. The van der Waals surface area contributed by atoms with Gasteiger partial charge in [0.15, 0.2) is 0 Å². The molecule has 0 aliphatic carbocycles. The molecule has 0 saturated heterocycles. The molecule has 0 N–H and O–H groups in total. The smallest absolute Gasteiger partial charge is 0.0675 e. The van der Waals surface area contributed by atoms with Crippen molar-refractivity contribution in [2.75, 3.05) is 0 Å². The lowest BCUT2D eigenvalue weighted by Crippen LogP contribution is -2.47. The summed E-state index contributed by atoms with van der Waals surface area (Å²) in [5, 5.41) is 1.72. The Bertz CT molecular complexity index is 292. The minimum absolute atomic E-state index is 1.16. The first-order valence-corrected chi connectivity index (χ1v) is 8.94. The van der Waals surface area contributed by atoms with Crippen LogP contribution in [0.2, 0.25) is 18.1 Å². The SMILES string of the molecule is CCc1ccccc1[Si](CC)(CC)CC. The average molecular weight is 220 g/mol. The molecule has 0 amide bonds. The predicted molar refractivity (Wildman–Crippen MR) is 72.7 cm³/mol. The van der Waals surface area contributed by atoms with Crippen LogP contribution in [0.25, 0.3) is 0 Å². The Morgan fingerprint density at radius 1 is 0.867 bits per heavy atom. The molecule has 1 rings (SSSR count). The molecule has 0 bridgehead atoms. The quantitative estimate of drug-likeness (QED) is 0.659. The van der Waals surface area contributed by atoms with Crippen molar-refractivity contribution in [1.82, 2.24) is 0 Å². The first-order chi connectivity index (χ1) is 7.24. The second-order valence-corrected chi connectivity index (χ2v) is 9.57. The Balaban J connectivity index is 3.21. The van der Waals surface area contributed by atoms with E-state index in [1.807, 2.05) is 0 Å². The van der Waals surface area contributed by atoms with Crippen LogP contribution in [0.15, 0.2) is 24.3 Å². The van der Waals surface area contributed by atoms with Gasteiger partial charge in [-0.3, -0.25) is 0 Å². The van der Waals surface area contributed by atoms with Gasteiger partial charge in [-0.05, 0) is 12.0 Å². The maximum absolute atomic E-state index is 2.39.